The van der Waals surface area contributed by atoms with Gasteiger partial charge in [0.15, 0.2) is 6.54 Å². The Morgan fingerprint density at radius 1 is 1.07 bits per heavy atom. The number of methoxy groups -OCH3 is 2. The fourth-order valence-electron chi connectivity index (χ4n) is 3.64. The molecule has 1 heterocycles. The van der Waals surface area contributed by atoms with Gasteiger partial charge in [0.05, 0.1) is 26.3 Å². The first-order valence-corrected chi connectivity index (χ1v) is 9.33. The van der Waals surface area contributed by atoms with Crippen molar-refractivity contribution < 1.29 is 24.0 Å². The molecule has 7 heteroatoms. The molecule has 1 aliphatic heterocycles. The highest BCUT2D eigenvalue weighted by molar-refractivity contribution is 5.95. The van der Waals surface area contributed by atoms with Crippen LogP contribution in [0.1, 0.15) is 34.8 Å². The summed E-state index contributed by atoms with van der Waals surface area (Å²) < 4.78 is 10.8. The van der Waals surface area contributed by atoms with Crippen LogP contribution in [-0.4, -0.2) is 39.1 Å². The molecule has 28 heavy (non-hydrogen) atoms. The standard InChI is InChI=1S/C21H25N3O4/c1-27-16-10-11-17(19(13-16)28-2)18-9-6-12-24(18)14-20(25)22-23-21(26)15-7-4-3-5-8-15/h3-5,7-8,10-11,13,18H,6,9,12,14H2,1-2H3,(H,22,25)(H,23,26)/p+1/t18-/m0/s1. The van der Waals surface area contributed by atoms with Crippen molar-refractivity contribution in [2.45, 2.75) is 18.9 Å². The van der Waals surface area contributed by atoms with E-state index in [1.807, 2.05) is 24.3 Å². The van der Waals surface area contributed by atoms with E-state index in [4.69, 9.17) is 9.47 Å². The Bertz CT molecular complexity index is 826. The SMILES string of the molecule is COc1ccc([C@@H]2CCC[NH+]2CC(=O)NNC(=O)c2ccccc2)c(OC)c1. The van der Waals surface area contributed by atoms with Crippen molar-refractivity contribution in [3.05, 3.63) is 59.7 Å². The Hall–Kier alpha value is -3.06. The molecule has 7 nitrogen and oxygen atoms in total. The van der Waals surface area contributed by atoms with Crippen molar-refractivity contribution in [3.8, 4) is 11.5 Å². The zero-order chi connectivity index (χ0) is 19.9. The van der Waals surface area contributed by atoms with Crippen LogP contribution in [0.15, 0.2) is 48.5 Å². The summed E-state index contributed by atoms with van der Waals surface area (Å²) in [4.78, 5) is 25.6. The molecule has 1 fully saturated rings. The van der Waals surface area contributed by atoms with Gasteiger partial charge in [0, 0.05) is 24.5 Å². The number of benzene rings is 2. The quantitative estimate of drug-likeness (QED) is 0.646. The second-order valence-corrected chi connectivity index (χ2v) is 6.76. The van der Waals surface area contributed by atoms with Gasteiger partial charge in [-0.3, -0.25) is 20.4 Å². The average Bonchev–Trinajstić information content (AvgIpc) is 3.19. The molecule has 2 amide bonds. The number of carbonyl (C=O) groups is 2. The minimum Gasteiger partial charge on any atom is -0.497 e. The van der Waals surface area contributed by atoms with Crippen LogP contribution in [0.5, 0.6) is 11.5 Å². The van der Waals surface area contributed by atoms with Gasteiger partial charge in [-0.1, -0.05) is 18.2 Å². The van der Waals surface area contributed by atoms with Crippen LogP contribution >= 0.6 is 0 Å². The molecule has 2 aromatic carbocycles. The van der Waals surface area contributed by atoms with Crippen LogP contribution in [0.25, 0.3) is 0 Å². The summed E-state index contributed by atoms with van der Waals surface area (Å²) in [5, 5.41) is 0. The summed E-state index contributed by atoms with van der Waals surface area (Å²) in [6, 6.07) is 14.7. The average molecular weight is 384 g/mol. The summed E-state index contributed by atoms with van der Waals surface area (Å²) in [5.74, 6) is 0.945. The lowest BCUT2D eigenvalue weighted by molar-refractivity contribution is -0.910. The monoisotopic (exact) mass is 384 g/mol. The molecule has 1 aliphatic rings. The predicted molar refractivity (Wildman–Crippen MR) is 104 cm³/mol. The lowest BCUT2D eigenvalue weighted by Gasteiger charge is -2.23. The van der Waals surface area contributed by atoms with Gasteiger partial charge in [0.25, 0.3) is 11.8 Å². The molecule has 1 unspecified atom stereocenters. The summed E-state index contributed by atoms with van der Waals surface area (Å²) in [6.45, 7) is 1.16. The summed E-state index contributed by atoms with van der Waals surface area (Å²) >= 11 is 0. The molecule has 2 atom stereocenters. The first kappa shape index (κ1) is 19.7. The van der Waals surface area contributed by atoms with Crippen LogP contribution in [-0.2, 0) is 4.79 Å². The smallest absolute Gasteiger partial charge is 0.293 e. The maximum absolute atomic E-state index is 12.4. The Labute approximate surface area is 164 Å². The highest BCUT2D eigenvalue weighted by Crippen LogP contribution is 2.31. The summed E-state index contributed by atoms with van der Waals surface area (Å²) in [6.07, 6.45) is 2.00. The van der Waals surface area contributed by atoms with E-state index >= 15 is 0 Å². The molecule has 0 bridgehead atoms. The van der Waals surface area contributed by atoms with Crippen LogP contribution in [0.2, 0.25) is 0 Å². The van der Waals surface area contributed by atoms with Crippen LogP contribution in [0.4, 0.5) is 0 Å². The number of hydrogen-bond donors (Lipinski definition) is 3. The number of hydrazine groups is 1. The largest absolute Gasteiger partial charge is 0.497 e. The maximum atomic E-state index is 12.4. The minimum atomic E-state index is -0.334. The normalized spacial score (nSPS) is 18.4. The number of rotatable bonds is 6. The van der Waals surface area contributed by atoms with E-state index in [9.17, 15) is 9.59 Å². The number of ether oxygens (including phenoxy) is 2. The van der Waals surface area contributed by atoms with Crippen LogP contribution < -0.4 is 25.2 Å². The van der Waals surface area contributed by atoms with E-state index in [-0.39, 0.29) is 24.4 Å². The third-order valence-electron chi connectivity index (χ3n) is 5.04. The van der Waals surface area contributed by atoms with Gasteiger partial charge >= 0.3 is 0 Å². The number of carbonyl (C=O) groups excluding carboxylic acids is 2. The Kier molecular flexibility index (Phi) is 6.49. The van der Waals surface area contributed by atoms with Gasteiger partial charge in [0.1, 0.15) is 17.5 Å². The zero-order valence-electron chi connectivity index (χ0n) is 16.2. The molecular formula is C21H26N3O4+. The third-order valence-corrected chi connectivity index (χ3v) is 5.04. The highest BCUT2D eigenvalue weighted by Gasteiger charge is 2.33. The topological polar surface area (TPSA) is 81.1 Å². The van der Waals surface area contributed by atoms with Gasteiger partial charge in [-0.2, -0.15) is 0 Å². The molecule has 148 valence electrons. The van der Waals surface area contributed by atoms with Crippen molar-refractivity contribution in [2.24, 2.45) is 0 Å². The second kappa shape index (κ2) is 9.23. The molecule has 0 radical (unpaired) electrons. The van der Waals surface area contributed by atoms with Gasteiger partial charge < -0.3 is 14.4 Å². The van der Waals surface area contributed by atoms with Gasteiger partial charge in [-0.15, -0.1) is 0 Å². The number of nitrogens with one attached hydrogen (secondary N) is 3. The molecule has 0 aliphatic carbocycles. The lowest BCUT2D eigenvalue weighted by atomic mass is 10.0. The van der Waals surface area contributed by atoms with Crippen molar-refractivity contribution in [1.82, 2.24) is 10.9 Å². The van der Waals surface area contributed by atoms with E-state index in [0.717, 1.165) is 41.3 Å². The first-order chi connectivity index (χ1) is 13.6. The van der Waals surface area contributed by atoms with E-state index in [1.54, 1.807) is 38.5 Å². The first-order valence-electron chi connectivity index (χ1n) is 9.33. The minimum absolute atomic E-state index is 0.163. The second-order valence-electron chi connectivity index (χ2n) is 6.76. The summed E-state index contributed by atoms with van der Waals surface area (Å²) in [5.41, 5.74) is 6.55. The Balaban J connectivity index is 1.60. The molecular weight excluding hydrogens is 358 g/mol. The van der Waals surface area contributed by atoms with Crippen molar-refractivity contribution in [3.63, 3.8) is 0 Å². The number of hydrogen-bond acceptors (Lipinski definition) is 4. The number of amides is 2. The fraction of sp³-hybridized carbons (Fsp3) is 0.333. The van der Waals surface area contributed by atoms with Crippen molar-refractivity contribution >= 4 is 11.8 Å². The molecule has 2 aromatic rings. The highest BCUT2D eigenvalue weighted by atomic mass is 16.5. The van der Waals surface area contributed by atoms with Gasteiger partial charge in [0.2, 0.25) is 0 Å². The van der Waals surface area contributed by atoms with Gasteiger partial charge in [-0.25, -0.2) is 0 Å². The molecule has 3 rings (SSSR count). The molecule has 0 aromatic heterocycles. The van der Waals surface area contributed by atoms with Gasteiger partial charge in [-0.05, 0) is 24.3 Å². The predicted octanol–water partition coefficient (Wildman–Crippen LogP) is 0.885. The van der Waals surface area contributed by atoms with Crippen LogP contribution in [0.3, 0.4) is 0 Å². The van der Waals surface area contributed by atoms with Crippen molar-refractivity contribution in [2.75, 3.05) is 27.3 Å². The van der Waals surface area contributed by atoms with E-state index < -0.39 is 0 Å². The molecule has 1 saturated heterocycles. The van der Waals surface area contributed by atoms with Crippen LogP contribution in [0, 0.1) is 0 Å². The number of likely N-dealkylation sites (tertiary alicyclic amines) is 1. The molecule has 0 spiro atoms. The van der Waals surface area contributed by atoms with Crippen molar-refractivity contribution in [1.29, 1.82) is 0 Å². The summed E-state index contributed by atoms with van der Waals surface area (Å²) in [7, 11) is 3.26. The van der Waals surface area contributed by atoms with E-state index in [0.29, 0.717) is 5.56 Å². The lowest BCUT2D eigenvalue weighted by Crippen LogP contribution is -3.11. The van der Waals surface area contributed by atoms with E-state index in [2.05, 4.69) is 10.9 Å². The molecule has 0 saturated carbocycles. The maximum Gasteiger partial charge on any atom is 0.293 e. The zero-order valence-corrected chi connectivity index (χ0v) is 16.2. The Morgan fingerprint density at radius 2 is 1.86 bits per heavy atom. The fourth-order valence-corrected chi connectivity index (χ4v) is 3.64. The third kappa shape index (κ3) is 4.61. The number of quaternary nitrogens is 1. The Morgan fingerprint density at radius 3 is 2.57 bits per heavy atom. The van der Waals surface area contributed by atoms with E-state index in [1.165, 1.54) is 0 Å². The molecule has 3 N–H and O–H groups in total.